The highest BCUT2D eigenvalue weighted by Gasteiger charge is 2.40. The Bertz CT molecular complexity index is 97.0. The van der Waals surface area contributed by atoms with Crippen LogP contribution in [0.15, 0.2) is 0 Å². The van der Waals surface area contributed by atoms with E-state index >= 15 is 0 Å². The Balaban J connectivity index is 0.000000640. The number of hydrogen-bond acceptors (Lipinski definition) is 1. The second-order valence-electron chi connectivity index (χ2n) is 2.29. The average molecular weight is 158 g/mol. The smallest absolute Gasteiger partial charge is 0.264 e. The Morgan fingerprint density at radius 2 is 2.11 bits per heavy atom. The molecule has 0 aromatic heterocycles. The van der Waals surface area contributed by atoms with E-state index in [1.165, 1.54) is 0 Å². The number of hydrogen-bond donors (Lipinski definition) is 1. The molecule has 0 aliphatic carbocycles. The minimum absolute atomic E-state index is 0. The third kappa shape index (κ3) is 1.76. The fourth-order valence-corrected chi connectivity index (χ4v) is 0.779. The van der Waals surface area contributed by atoms with Crippen LogP contribution in [0.25, 0.3) is 0 Å². The summed E-state index contributed by atoms with van der Waals surface area (Å²) >= 11 is 0. The molecule has 1 nitrogen and oxygen atoms in total. The van der Waals surface area contributed by atoms with E-state index in [2.05, 4.69) is 5.32 Å². The molecule has 0 amide bonds. The van der Waals surface area contributed by atoms with E-state index in [1.807, 2.05) is 0 Å². The van der Waals surface area contributed by atoms with Crippen molar-refractivity contribution in [3.05, 3.63) is 0 Å². The van der Waals surface area contributed by atoms with Gasteiger partial charge in [-0.15, -0.1) is 12.4 Å². The van der Waals surface area contributed by atoms with Gasteiger partial charge in [0.1, 0.15) is 0 Å². The lowest BCUT2D eigenvalue weighted by molar-refractivity contribution is -0.0148. The second kappa shape index (κ2) is 2.80. The molecule has 4 heteroatoms. The molecule has 1 heterocycles. The Labute approximate surface area is 59.2 Å². The van der Waals surface area contributed by atoms with Crippen molar-refractivity contribution < 1.29 is 8.78 Å². The van der Waals surface area contributed by atoms with E-state index in [-0.39, 0.29) is 19.0 Å². The summed E-state index contributed by atoms with van der Waals surface area (Å²) in [7, 11) is 0. The molecule has 9 heavy (non-hydrogen) atoms. The first-order valence-corrected chi connectivity index (χ1v) is 2.71. The van der Waals surface area contributed by atoms with Gasteiger partial charge in [0.2, 0.25) is 0 Å². The minimum atomic E-state index is -2.46. The summed E-state index contributed by atoms with van der Waals surface area (Å²) in [5.41, 5.74) is 0. The van der Waals surface area contributed by atoms with Crippen LogP contribution < -0.4 is 5.32 Å². The van der Waals surface area contributed by atoms with Gasteiger partial charge in [-0.25, -0.2) is 8.78 Å². The molecular weight excluding hydrogens is 148 g/mol. The standard InChI is InChI=1S/C5H9F2N.ClH/c1-4-2-8-3-5(4,6)7;/h4,8H,2-3H2,1H3;1H. The predicted octanol–water partition coefficient (Wildman–Crippen LogP) is 1.28. The van der Waals surface area contributed by atoms with Gasteiger partial charge in [-0.05, 0) is 0 Å². The summed E-state index contributed by atoms with van der Waals surface area (Å²) in [6, 6.07) is 0. The zero-order chi connectivity index (χ0) is 6.20. The topological polar surface area (TPSA) is 12.0 Å². The van der Waals surface area contributed by atoms with E-state index in [0.29, 0.717) is 6.54 Å². The van der Waals surface area contributed by atoms with Crippen LogP contribution in [-0.2, 0) is 0 Å². The molecule has 0 aromatic carbocycles. The molecule has 0 spiro atoms. The van der Waals surface area contributed by atoms with E-state index in [1.54, 1.807) is 6.92 Å². The molecular formula is C5H10ClF2N. The van der Waals surface area contributed by atoms with Crippen LogP contribution in [0.2, 0.25) is 0 Å². The SMILES string of the molecule is CC1CNCC1(F)F.Cl. The average Bonchev–Trinajstić information content (AvgIpc) is 1.86. The van der Waals surface area contributed by atoms with Crippen molar-refractivity contribution in [2.75, 3.05) is 13.1 Å². The van der Waals surface area contributed by atoms with Gasteiger partial charge in [0, 0.05) is 12.5 Å². The second-order valence-corrected chi connectivity index (χ2v) is 2.29. The lowest BCUT2D eigenvalue weighted by atomic mass is 10.1. The van der Waals surface area contributed by atoms with Crippen LogP contribution in [0.5, 0.6) is 0 Å². The molecule has 1 saturated heterocycles. The highest BCUT2D eigenvalue weighted by Crippen LogP contribution is 2.26. The summed E-state index contributed by atoms with van der Waals surface area (Å²) in [4.78, 5) is 0. The van der Waals surface area contributed by atoms with E-state index < -0.39 is 11.8 Å². The van der Waals surface area contributed by atoms with E-state index in [4.69, 9.17) is 0 Å². The summed E-state index contributed by atoms with van der Waals surface area (Å²) in [5, 5.41) is 2.61. The number of alkyl halides is 2. The number of rotatable bonds is 0. The molecule has 1 N–H and O–H groups in total. The van der Waals surface area contributed by atoms with Crippen molar-refractivity contribution >= 4 is 12.4 Å². The van der Waals surface area contributed by atoms with Crippen LogP contribution >= 0.6 is 12.4 Å². The summed E-state index contributed by atoms with van der Waals surface area (Å²) < 4.78 is 24.6. The van der Waals surface area contributed by atoms with Gasteiger partial charge in [0.15, 0.2) is 0 Å². The maximum absolute atomic E-state index is 12.3. The number of nitrogens with one attached hydrogen (secondary N) is 1. The van der Waals surface area contributed by atoms with Crippen molar-refractivity contribution in [2.24, 2.45) is 5.92 Å². The maximum atomic E-state index is 12.3. The zero-order valence-corrected chi connectivity index (χ0v) is 5.97. The molecule has 56 valence electrons. The fourth-order valence-electron chi connectivity index (χ4n) is 0.779. The van der Waals surface area contributed by atoms with Gasteiger partial charge in [-0.3, -0.25) is 0 Å². The highest BCUT2D eigenvalue weighted by molar-refractivity contribution is 5.85. The van der Waals surface area contributed by atoms with Crippen molar-refractivity contribution in [1.82, 2.24) is 5.32 Å². The molecule has 0 radical (unpaired) electrons. The van der Waals surface area contributed by atoms with Crippen LogP contribution in [-0.4, -0.2) is 19.0 Å². The van der Waals surface area contributed by atoms with Crippen molar-refractivity contribution in [2.45, 2.75) is 12.8 Å². The molecule has 1 atom stereocenters. The van der Waals surface area contributed by atoms with Gasteiger partial charge in [0.05, 0.1) is 6.54 Å². The highest BCUT2D eigenvalue weighted by atomic mass is 35.5. The van der Waals surface area contributed by atoms with Gasteiger partial charge >= 0.3 is 0 Å². The molecule has 0 saturated carbocycles. The Morgan fingerprint density at radius 3 is 2.22 bits per heavy atom. The minimum Gasteiger partial charge on any atom is -0.311 e. The van der Waals surface area contributed by atoms with Crippen LogP contribution in [0, 0.1) is 5.92 Å². The van der Waals surface area contributed by atoms with Crippen molar-refractivity contribution in [3.63, 3.8) is 0 Å². The van der Waals surface area contributed by atoms with Gasteiger partial charge < -0.3 is 5.32 Å². The molecule has 1 aliphatic rings. The molecule has 1 fully saturated rings. The third-order valence-corrected chi connectivity index (χ3v) is 1.53. The van der Waals surface area contributed by atoms with Crippen LogP contribution in [0.1, 0.15) is 6.92 Å². The molecule has 1 unspecified atom stereocenters. The normalized spacial score (nSPS) is 31.7. The van der Waals surface area contributed by atoms with Gasteiger partial charge in [0.25, 0.3) is 5.92 Å². The lowest BCUT2D eigenvalue weighted by Gasteiger charge is -2.10. The van der Waals surface area contributed by atoms with Gasteiger partial charge in [-0.1, -0.05) is 6.92 Å². The summed E-state index contributed by atoms with van der Waals surface area (Å²) in [6.45, 7) is 1.86. The van der Waals surface area contributed by atoms with Crippen LogP contribution in [0.4, 0.5) is 8.78 Å². The van der Waals surface area contributed by atoms with E-state index in [9.17, 15) is 8.78 Å². The number of halogens is 3. The fraction of sp³-hybridized carbons (Fsp3) is 1.00. The first-order chi connectivity index (χ1) is 3.63. The summed E-state index contributed by atoms with van der Waals surface area (Å²) in [6.07, 6.45) is 0. The Hall–Kier alpha value is 0.110. The first-order valence-electron chi connectivity index (χ1n) is 2.71. The lowest BCUT2D eigenvalue weighted by Crippen LogP contribution is -2.24. The summed E-state index contributed by atoms with van der Waals surface area (Å²) in [5.74, 6) is -2.94. The monoisotopic (exact) mass is 157 g/mol. The first kappa shape index (κ1) is 9.11. The van der Waals surface area contributed by atoms with Crippen molar-refractivity contribution in [1.29, 1.82) is 0 Å². The molecule has 0 aromatic rings. The maximum Gasteiger partial charge on any atom is 0.264 e. The quantitative estimate of drug-likeness (QED) is 0.559. The Kier molecular flexibility index (Phi) is 2.83. The van der Waals surface area contributed by atoms with Crippen LogP contribution in [0.3, 0.4) is 0 Å². The van der Waals surface area contributed by atoms with E-state index in [0.717, 1.165) is 0 Å². The van der Waals surface area contributed by atoms with Crippen molar-refractivity contribution in [3.8, 4) is 0 Å². The van der Waals surface area contributed by atoms with Gasteiger partial charge in [-0.2, -0.15) is 0 Å². The Morgan fingerprint density at radius 1 is 1.56 bits per heavy atom. The largest absolute Gasteiger partial charge is 0.311 e. The third-order valence-electron chi connectivity index (χ3n) is 1.53. The molecule has 1 rings (SSSR count). The molecule has 0 bridgehead atoms. The molecule has 1 aliphatic heterocycles. The zero-order valence-electron chi connectivity index (χ0n) is 5.16. The predicted molar refractivity (Wildman–Crippen MR) is 34.2 cm³/mol.